The molecule has 0 aromatic heterocycles. The number of carbonyl (C=O) groups is 3. The molecule has 0 spiro atoms. The molecule has 0 saturated carbocycles. The molecule has 0 amide bonds. The Balaban J connectivity index is 2.27. The predicted octanol–water partition coefficient (Wildman–Crippen LogP) is 1.36. The number of aliphatic imine (C=N–C) groups is 1. The van der Waals surface area contributed by atoms with Crippen molar-refractivity contribution in [3.05, 3.63) is 53.6 Å². The summed E-state index contributed by atoms with van der Waals surface area (Å²) >= 11 is 0. The number of allylic oxidation sites excluding steroid dienone is 3. The van der Waals surface area contributed by atoms with E-state index in [0.717, 1.165) is 18.2 Å². The minimum Gasteiger partial charge on any atom is -0.480 e. The molecule has 0 saturated heterocycles. The minimum absolute atomic E-state index is 0.0776. The third-order valence-corrected chi connectivity index (χ3v) is 3.44. The molecule has 3 rings (SSSR count). The van der Waals surface area contributed by atoms with Crippen molar-refractivity contribution in [3.8, 4) is 0 Å². The lowest BCUT2D eigenvalue weighted by molar-refractivity contribution is -0.140. The van der Waals surface area contributed by atoms with Crippen LogP contribution < -0.4 is 0 Å². The van der Waals surface area contributed by atoms with Gasteiger partial charge in [-0.3, -0.25) is 19.4 Å². The van der Waals surface area contributed by atoms with Crippen LogP contribution in [0.15, 0.2) is 53.1 Å². The van der Waals surface area contributed by atoms with Gasteiger partial charge in [-0.25, -0.2) is 0 Å². The first-order valence-electron chi connectivity index (χ1n) is 5.92. The van der Waals surface area contributed by atoms with E-state index in [9.17, 15) is 19.5 Å². The summed E-state index contributed by atoms with van der Waals surface area (Å²) < 4.78 is 0. The Hall–Kier alpha value is -2.82. The Labute approximate surface area is 113 Å². The number of para-hydroxylation sites is 1. The molecule has 5 heteroatoms. The van der Waals surface area contributed by atoms with Crippen LogP contribution in [-0.2, 0) is 19.8 Å². The highest BCUT2D eigenvalue weighted by Crippen LogP contribution is 2.42. The van der Waals surface area contributed by atoms with Gasteiger partial charge in [0.2, 0.25) is 0 Å². The Bertz CT molecular complexity index is 742. The highest BCUT2D eigenvalue weighted by atomic mass is 16.4. The summed E-state index contributed by atoms with van der Waals surface area (Å²) in [6.07, 6.45) is 4.51. The molecule has 1 N–H and O–H groups in total. The molecule has 1 aliphatic heterocycles. The zero-order valence-corrected chi connectivity index (χ0v) is 10.2. The fourth-order valence-corrected chi connectivity index (χ4v) is 2.47. The zero-order chi connectivity index (χ0) is 14.3. The molecule has 1 aliphatic carbocycles. The van der Waals surface area contributed by atoms with Crippen LogP contribution in [0, 0.1) is 0 Å². The number of benzene rings is 1. The summed E-state index contributed by atoms with van der Waals surface area (Å²) in [5.41, 5.74) is -0.874. The van der Waals surface area contributed by atoms with Gasteiger partial charge in [-0.15, -0.1) is 0 Å². The second kappa shape index (κ2) is 4.09. The topological polar surface area (TPSA) is 83.8 Å². The lowest BCUT2D eigenvalue weighted by Crippen LogP contribution is -2.41. The van der Waals surface area contributed by atoms with Crippen LogP contribution in [-0.4, -0.2) is 28.9 Å². The average molecular weight is 267 g/mol. The summed E-state index contributed by atoms with van der Waals surface area (Å²) in [6, 6.07) is 6.68. The molecule has 0 fully saturated rings. The lowest BCUT2D eigenvalue weighted by Gasteiger charge is -2.25. The van der Waals surface area contributed by atoms with Gasteiger partial charge in [0.25, 0.3) is 0 Å². The molecule has 1 aromatic rings. The Morgan fingerprint density at radius 2 is 1.90 bits per heavy atom. The predicted molar refractivity (Wildman–Crippen MR) is 71.1 cm³/mol. The molecular weight excluding hydrogens is 258 g/mol. The van der Waals surface area contributed by atoms with Crippen LogP contribution in [0.5, 0.6) is 0 Å². The van der Waals surface area contributed by atoms with Crippen molar-refractivity contribution in [2.45, 2.75) is 5.41 Å². The number of carbonyl (C=O) groups excluding carboxylic acids is 2. The smallest absolute Gasteiger partial charge is 0.324 e. The van der Waals surface area contributed by atoms with Gasteiger partial charge in [-0.1, -0.05) is 18.2 Å². The van der Waals surface area contributed by atoms with Crippen molar-refractivity contribution in [2.75, 3.05) is 0 Å². The molecule has 20 heavy (non-hydrogen) atoms. The fraction of sp³-hybridized carbons (Fsp3) is 0.0667. The summed E-state index contributed by atoms with van der Waals surface area (Å²) in [5, 5.41) is 9.65. The first-order valence-corrected chi connectivity index (χ1v) is 5.92. The largest absolute Gasteiger partial charge is 0.480 e. The number of fused-ring (bicyclic) bond motifs is 1. The molecule has 0 radical (unpaired) electrons. The highest BCUT2D eigenvalue weighted by molar-refractivity contribution is 6.26. The molecule has 5 nitrogen and oxygen atoms in total. The van der Waals surface area contributed by atoms with Crippen LogP contribution in [0.1, 0.15) is 5.56 Å². The van der Waals surface area contributed by atoms with Crippen molar-refractivity contribution in [1.29, 1.82) is 0 Å². The van der Waals surface area contributed by atoms with Gasteiger partial charge in [0.15, 0.2) is 17.0 Å². The van der Waals surface area contributed by atoms with Gasteiger partial charge in [0.1, 0.15) is 0 Å². The van der Waals surface area contributed by atoms with Crippen LogP contribution in [0.2, 0.25) is 0 Å². The summed E-state index contributed by atoms with van der Waals surface area (Å²) in [5.74, 6) is -2.12. The minimum atomic E-state index is -1.69. The van der Waals surface area contributed by atoms with E-state index in [0.29, 0.717) is 11.3 Å². The first-order chi connectivity index (χ1) is 9.55. The zero-order valence-electron chi connectivity index (χ0n) is 10.2. The molecule has 1 aromatic carbocycles. The van der Waals surface area contributed by atoms with E-state index in [1.165, 1.54) is 6.21 Å². The van der Waals surface area contributed by atoms with Crippen molar-refractivity contribution in [3.63, 3.8) is 0 Å². The average Bonchev–Trinajstić information content (AvgIpc) is 2.82. The number of carboxylic acids is 1. The maximum Gasteiger partial charge on any atom is 0.324 e. The van der Waals surface area contributed by atoms with Crippen LogP contribution in [0.3, 0.4) is 0 Å². The normalized spacial score (nSPS) is 23.7. The summed E-state index contributed by atoms with van der Waals surface area (Å²) in [7, 11) is 0. The number of aliphatic carboxylic acids is 1. The van der Waals surface area contributed by atoms with Crippen LogP contribution in [0.25, 0.3) is 0 Å². The molecule has 98 valence electrons. The van der Waals surface area contributed by atoms with E-state index >= 15 is 0 Å². The number of rotatable bonds is 2. The standard InChI is InChI=1S/C15H9NO4/c17-9-5-6-13(18)11(7-9)15(14(19)20)8-16-12-4-2-1-3-10(12)15/h1-8H,(H,19,20). The van der Waals surface area contributed by atoms with Gasteiger partial charge in [0, 0.05) is 17.4 Å². The van der Waals surface area contributed by atoms with Gasteiger partial charge in [0.05, 0.1) is 5.69 Å². The van der Waals surface area contributed by atoms with E-state index in [2.05, 4.69) is 4.99 Å². The quantitative estimate of drug-likeness (QED) is 0.820. The first kappa shape index (κ1) is 12.2. The maximum absolute atomic E-state index is 12.0. The molecule has 0 bridgehead atoms. The van der Waals surface area contributed by atoms with Gasteiger partial charge in [-0.2, -0.15) is 0 Å². The Morgan fingerprint density at radius 3 is 2.65 bits per heavy atom. The van der Waals surface area contributed by atoms with Gasteiger partial charge < -0.3 is 5.11 Å². The number of hydrogen-bond donors (Lipinski definition) is 1. The molecule has 1 heterocycles. The molecule has 1 unspecified atom stereocenters. The maximum atomic E-state index is 12.0. The summed E-state index contributed by atoms with van der Waals surface area (Å²) in [4.78, 5) is 39.4. The van der Waals surface area contributed by atoms with E-state index in [4.69, 9.17) is 0 Å². The van der Waals surface area contributed by atoms with Crippen molar-refractivity contribution < 1.29 is 19.5 Å². The number of ketones is 2. The third-order valence-electron chi connectivity index (χ3n) is 3.44. The Morgan fingerprint density at radius 1 is 1.15 bits per heavy atom. The summed E-state index contributed by atoms with van der Waals surface area (Å²) in [6.45, 7) is 0. The lowest BCUT2D eigenvalue weighted by atomic mass is 9.72. The van der Waals surface area contributed by atoms with Crippen LogP contribution in [0.4, 0.5) is 5.69 Å². The Kier molecular flexibility index (Phi) is 2.50. The van der Waals surface area contributed by atoms with E-state index in [1.54, 1.807) is 24.3 Å². The van der Waals surface area contributed by atoms with E-state index in [1.807, 2.05) is 0 Å². The van der Waals surface area contributed by atoms with Crippen LogP contribution >= 0.6 is 0 Å². The van der Waals surface area contributed by atoms with Gasteiger partial charge in [-0.05, 0) is 24.3 Å². The van der Waals surface area contributed by atoms with Crippen molar-refractivity contribution in [1.82, 2.24) is 0 Å². The second-order valence-corrected chi connectivity index (χ2v) is 4.55. The highest BCUT2D eigenvalue weighted by Gasteiger charge is 2.49. The second-order valence-electron chi connectivity index (χ2n) is 4.55. The number of hydrogen-bond acceptors (Lipinski definition) is 4. The van der Waals surface area contributed by atoms with E-state index < -0.39 is 23.0 Å². The van der Waals surface area contributed by atoms with Crippen molar-refractivity contribution >= 4 is 29.4 Å². The fourth-order valence-electron chi connectivity index (χ4n) is 2.47. The SMILES string of the molecule is O=C1C=CC(=O)C(C2(C(=O)O)C=Nc3ccccc32)=C1. The number of carboxylic acid groups (broad SMARTS) is 1. The number of nitrogens with zero attached hydrogens (tertiary/aromatic N) is 1. The molecule has 2 aliphatic rings. The van der Waals surface area contributed by atoms with E-state index in [-0.39, 0.29) is 5.57 Å². The van der Waals surface area contributed by atoms with Gasteiger partial charge >= 0.3 is 5.97 Å². The van der Waals surface area contributed by atoms with Crippen molar-refractivity contribution in [2.24, 2.45) is 4.99 Å². The molecular formula is C15H9NO4. The monoisotopic (exact) mass is 267 g/mol. The third kappa shape index (κ3) is 1.50. The molecule has 1 atom stereocenters.